The first-order valence-electron chi connectivity index (χ1n) is 13.7. The number of fused-ring (bicyclic) bond motifs is 6. The third-order valence-electron chi connectivity index (χ3n) is 8.37. The van der Waals surface area contributed by atoms with Crippen LogP contribution in [0, 0.1) is 0 Å². The van der Waals surface area contributed by atoms with Crippen LogP contribution in [-0.2, 0) is 12.8 Å². The first-order valence-corrected chi connectivity index (χ1v) is 13.7. The molecule has 38 heavy (non-hydrogen) atoms. The van der Waals surface area contributed by atoms with Crippen molar-refractivity contribution in [2.45, 2.75) is 25.7 Å². The molecule has 180 valence electrons. The third kappa shape index (κ3) is 3.26. The lowest BCUT2D eigenvalue weighted by Gasteiger charge is -2.26. The SMILES string of the molecule is C1=C2C=CC(c3c4c(c(-c5ccccc5)c5ccccc35)CCCC4)=CC=1c1ccc3ccccc3c1N2. The van der Waals surface area contributed by atoms with Crippen molar-refractivity contribution in [3.63, 3.8) is 0 Å². The molecule has 0 atom stereocenters. The molecule has 0 aromatic heterocycles. The minimum Gasteiger partial charge on any atom is -0.348 e. The van der Waals surface area contributed by atoms with Crippen LogP contribution in [0.25, 0.3) is 43.8 Å². The summed E-state index contributed by atoms with van der Waals surface area (Å²) in [5.74, 6) is 0. The Balaban J connectivity index is 1.39. The van der Waals surface area contributed by atoms with Crippen molar-refractivity contribution in [3.8, 4) is 11.1 Å². The van der Waals surface area contributed by atoms with Crippen LogP contribution in [0.5, 0.6) is 0 Å². The Labute approximate surface area is 223 Å². The van der Waals surface area contributed by atoms with Crippen molar-refractivity contribution in [1.29, 1.82) is 0 Å². The normalized spacial score (nSPS) is 15.6. The zero-order chi connectivity index (χ0) is 25.1. The van der Waals surface area contributed by atoms with Gasteiger partial charge in [0, 0.05) is 16.5 Å². The second-order valence-electron chi connectivity index (χ2n) is 10.5. The van der Waals surface area contributed by atoms with Gasteiger partial charge in [-0.3, -0.25) is 0 Å². The Hall–Kier alpha value is -4.58. The molecule has 0 amide bonds. The average molecular weight is 486 g/mol. The molecule has 0 spiro atoms. The lowest BCUT2D eigenvalue weighted by molar-refractivity contribution is 0.687. The second-order valence-corrected chi connectivity index (χ2v) is 10.5. The Morgan fingerprint density at radius 1 is 0.605 bits per heavy atom. The van der Waals surface area contributed by atoms with Crippen molar-refractivity contribution < 1.29 is 0 Å². The van der Waals surface area contributed by atoms with Gasteiger partial charge in [0.15, 0.2) is 0 Å². The van der Waals surface area contributed by atoms with E-state index in [9.17, 15) is 0 Å². The van der Waals surface area contributed by atoms with E-state index in [2.05, 4.69) is 120 Å². The maximum atomic E-state index is 3.68. The molecule has 1 N–H and O–H groups in total. The Morgan fingerprint density at radius 2 is 1.29 bits per heavy atom. The molecule has 5 aromatic carbocycles. The minimum atomic E-state index is 1.02. The van der Waals surface area contributed by atoms with Crippen LogP contribution >= 0.6 is 0 Å². The molecule has 0 saturated heterocycles. The number of nitrogens with one attached hydrogen (secondary N) is 1. The van der Waals surface area contributed by atoms with Crippen LogP contribution in [0.15, 0.2) is 121 Å². The average Bonchev–Trinajstić information content (AvgIpc) is 3.15. The highest BCUT2D eigenvalue weighted by Crippen LogP contribution is 2.45. The molecule has 0 fully saturated rings. The van der Waals surface area contributed by atoms with E-state index in [1.807, 2.05) is 0 Å². The Morgan fingerprint density at radius 3 is 2.11 bits per heavy atom. The second kappa shape index (κ2) is 8.48. The largest absolute Gasteiger partial charge is 0.348 e. The van der Waals surface area contributed by atoms with Crippen LogP contribution in [0.4, 0.5) is 5.69 Å². The van der Waals surface area contributed by atoms with Crippen molar-refractivity contribution in [3.05, 3.63) is 143 Å². The molecule has 2 aliphatic carbocycles. The first kappa shape index (κ1) is 21.5. The van der Waals surface area contributed by atoms with E-state index in [-0.39, 0.29) is 0 Å². The van der Waals surface area contributed by atoms with Gasteiger partial charge < -0.3 is 5.32 Å². The standard InChI is InChI=1S/C37H27N/c1-2-11-25(12-3-1)35-31-14-6-8-16-33(31)36(34-17-9-7-15-32(34)35)26-18-20-28-23-27(22-26)30-21-19-24-10-4-5-13-29(24)37(30)38-28/h1-6,8,10-14,16,18-22,38H,7,9,15,17H2. The van der Waals surface area contributed by atoms with Crippen molar-refractivity contribution in [2.24, 2.45) is 0 Å². The van der Waals surface area contributed by atoms with Gasteiger partial charge in [-0.05, 0) is 87.4 Å². The quantitative estimate of drug-likeness (QED) is 0.246. The summed E-state index contributed by atoms with van der Waals surface area (Å²) >= 11 is 0. The zero-order valence-electron chi connectivity index (χ0n) is 21.2. The van der Waals surface area contributed by atoms with Crippen LogP contribution < -0.4 is 5.32 Å². The third-order valence-corrected chi connectivity index (χ3v) is 8.37. The van der Waals surface area contributed by atoms with Gasteiger partial charge in [-0.2, -0.15) is 0 Å². The summed E-state index contributed by atoms with van der Waals surface area (Å²) in [7, 11) is 0. The lowest BCUT2D eigenvalue weighted by Crippen LogP contribution is -2.09. The molecule has 1 heteroatoms. The monoisotopic (exact) mass is 485 g/mol. The van der Waals surface area contributed by atoms with Gasteiger partial charge in [-0.1, -0.05) is 103 Å². The summed E-state index contributed by atoms with van der Waals surface area (Å²) in [6, 6.07) is 33.1. The molecule has 3 aliphatic rings. The van der Waals surface area contributed by atoms with E-state index < -0.39 is 0 Å². The highest BCUT2D eigenvalue weighted by molar-refractivity contribution is 6.10. The number of allylic oxidation sites excluding steroid dienone is 4. The van der Waals surface area contributed by atoms with Crippen molar-refractivity contribution >= 4 is 38.4 Å². The van der Waals surface area contributed by atoms with Gasteiger partial charge in [0.1, 0.15) is 0 Å². The zero-order valence-corrected chi connectivity index (χ0v) is 21.2. The number of hydrogen-bond acceptors (Lipinski definition) is 1. The van der Waals surface area contributed by atoms with Gasteiger partial charge in [0.25, 0.3) is 0 Å². The fraction of sp³-hybridized carbons (Fsp3) is 0.108. The summed E-state index contributed by atoms with van der Waals surface area (Å²) in [6.45, 7) is 0. The molecule has 0 saturated carbocycles. The molecular weight excluding hydrogens is 458 g/mol. The van der Waals surface area contributed by atoms with E-state index >= 15 is 0 Å². The number of rotatable bonds is 2. The summed E-state index contributed by atoms with van der Waals surface area (Å²) in [5, 5.41) is 8.88. The molecule has 1 heterocycles. The summed E-state index contributed by atoms with van der Waals surface area (Å²) in [5.41, 5.74) is 16.7. The summed E-state index contributed by atoms with van der Waals surface area (Å²) < 4.78 is 0. The van der Waals surface area contributed by atoms with E-state index in [1.165, 1.54) is 79.0 Å². The molecule has 8 rings (SSSR count). The molecule has 1 nitrogen and oxygen atoms in total. The van der Waals surface area contributed by atoms with Crippen LogP contribution in [0.2, 0.25) is 0 Å². The molecular formula is C37H27N. The van der Waals surface area contributed by atoms with Gasteiger partial charge in [-0.25, -0.2) is 0 Å². The van der Waals surface area contributed by atoms with E-state index in [0.717, 1.165) is 24.1 Å². The highest BCUT2D eigenvalue weighted by atomic mass is 14.9. The number of hydrogen-bond donors (Lipinski definition) is 1. The van der Waals surface area contributed by atoms with Crippen LogP contribution in [0.3, 0.4) is 0 Å². The molecule has 5 aromatic rings. The predicted molar refractivity (Wildman–Crippen MR) is 161 cm³/mol. The van der Waals surface area contributed by atoms with E-state index in [0.29, 0.717) is 0 Å². The highest BCUT2D eigenvalue weighted by Gasteiger charge is 2.25. The smallest absolute Gasteiger partial charge is 0.0824 e. The molecule has 2 bridgehead atoms. The van der Waals surface area contributed by atoms with E-state index in [1.54, 1.807) is 0 Å². The Bertz CT molecular complexity index is 1910. The number of benzene rings is 5. The maximum Gasteiger partial charge on any atom is 0.0824 e. The fourth-order valence-electron chi connectivity index (χ4n) is 6.70. The van der Waals surface area contributed by atoms with E-state index in [4.69, 9.17) is 0 Å². The van der Waals surface area contributed by atoms with Gasteiger partial charge in [0.2, 0.25) is 0 Å². The topological polar surface area (TPSA) is 12.0 Å². The predicted octanol–water partition coefficient (Wildman–Crippen LogP) is 9.48. The maximum absolute atomic E-state index is 3.68. The van der Waals surface area contributed by atoms with Crippen LogP contribution in [-0.4, -0.2) is 0 Å². The van der Waals surface area contributed by atoms with Crippen LogP contribution in [0.1, 0.15) is 35.1 Å². The Kier molecular flexibility index (Phi) is 4.80. The van der Waals surface area contributed by atoms with Crippen molar-refractivity contribution in [1.82, 2.24) is 0 Å². The summed E-state index contributed by atoms with van der Waals surface area (Å²) in [4.78, 5) is 0. The van der Waals surface area contributed by atoms with Gasteiger partial charge in [0.05, 0.1) is 11.4 Å². The first-order chi connectivity index (χ1) is 18.8. The minimum absolute atomic E-state index is 1.02. The van der Waals surface area contributed by atoms with Gasteiger partial charge >= 0.3 is 0 Å². The summed E-state index contributed by atoms with van der Waals surface area (Å²) in [6.07, 6.45) is 11.6. The lowest BCUT2D eigenvalue weighted by atomic mass is 9.77. The molecule has 1 aliphatic heterocycles. The fourth-order valence-corrected chi connectivity index (χ4v) is 6.70. The van der Waals surface area contributed by atoms with Crippen molar-refractivity contribution in [2.75, 3.05) is 5.32 Å². The number of anilines is 1. The molecule has 0 radical (unpaired) electrons. The van der Waals surface area contributed by atoms with Gasteiger partial charge in [-0.15, -0.1) is 0 Å². The molecule has 0 unspecified atom stereocenters.